The van der Waals surface area contributed by atoms with Crippen LogP contribution in [0.2, 0.25) is 0 Å². The van der Waals surface area contributed by atoms with Crippen LogP contribution in [0.5, 0.6) is 5.75 Å². The number of amidine groups is 1. The second kappa shape index (κ2) is 9.02. The topological polar surface area (TPSA) is 133 Å². The summed E-state index contributed by atoms with van der Waals surface area (Å²) in [6.07, 6.45) is 1.42. The summed E-state index contributed by atoms with van der Waals surface area (Å²) in [5.41, 5.74) is 6.56. The fourth-order valence-corrected chi connectivity index (χ4v) is 7.23. The maximum absolute atomic E-state index is 15.1. The molecule has 2 aliphatic heterocycles. The number of rotatable bonds is 5. The number of nitrogens with two attached hydrogens (primary N) is 1. The standard InChI is InChI=1S/C26H28FN5O4S/c1-25(16-37(34,35)26(24(28)31-25)14-32(15-26)18-6-4-3-5-7-18)20-12-17(8-10-21(20)27)30-23(33)22-11-9-19(36-2)13-29-22/h3-13,34-35H,14-16H2,1-2H3,(H2,28,31)(H,30,33)/t25-/m0/s1. The molecule has 1 amide bonds. The number of pyridine rings is 1. The van der Waals surface area contributed by atoms with Crippen LogP contribution < -0.4 is 20.7 Å². The van der Waals surface area contributed by atoms with Crippen molar-refractivity contribution in [3.8, 4) is 5.75 Å². The Labute approximate surface area is 215 Å². The van der Waals surface area contributed by atoms with Crippen molar-refractivity contribution < 1.29 is 23.0 Å². The molecule has 5 N–H and O–H groups in total. The second-order valence-corrected chi connectivity index (χ2v) is 11.9. The molecular formula is C26H28FN5O4S. The highest BCUT2D eigenvalue weighted by Crippen LogP contribution is 2.63. The first kappa shape index (κ1) is 25.0. The molecule has 1 fully saturated rings. The monoisotopic (exact) mass is 525 g/mol. The summed E-state index contributed by atoms with van der Waals surface area (Å²) < 4.78 is 41.7. The van der Waals surface area contributed by atoms with E-state index in [0.29, 0.717) is 24.5 Å². The first-order chi connectivity index (χ1) is 17.6. The van der Waals surface area contributed by atoms with E-state index in [1.807, 2.05) is 35.2 Å². The van der Waals surface area contributed by atoms with E-state index >= 15 is 4.39 Å². The van der Waals surface area contributed by atoms with Gasteiger partial charge in [0.05, 0.1) is 32.1 Å². The molecule has 0 radical (unpaired) electrons. The molecule has 2 aromatic carbocycles. The molecule has 0 saturated carbocycles. The number of methoxy groups -OCH3 is 1. The zero-order chi connectivity index (χ0) is 26.4. The third-order valence-electron chi connectivity index (χ3n) is 6.97. The molecule has 1 aromatic heterocycles. The molecule has 11 heteroatoms. The van der Waals surface area contributed by atoms with Crippen molar-refractivity contribution in [3.63, 3.8) is 0 Å². The Hall–Kier alpha value is -3.67. The normalized spacial score (nSPS) is 22.5. The summed E-state index contributed by atoms with van der Waals surface area (Å²) in [5.74, 6) is -0.681. The third kappa shape index (κ3) is 4.28. The van der Waals surface area contributed by atoms with Gasteiger partial charge in [-0.2, -0.15) is 10.6 Å². The van der Waals surface area contributed by atoms with Crippen LogP contribution in [0.15, 0.2) is 71.9 Å². The second-order valence-electron chi connectivity index (χ2n) is 9.50. The van der Waals surface area contributed by atoms with Crippen molar-refractivity contribution in [2.45, 2.75) is 17.2 Å². The fraction of sp³-hybridized carbons (Fsp3) is 0.269. The number of aliphatic imine (C=N–C) groups is 1. The molecule has 9 nitrogen and oxygen atoms in total. The van der Waals surface area contributed by atoms with E-state index in [9.17, 15) is 13.9 Å². The fourth-order valence-electron chi connectivity index (χ4n) is 4.84. The van der Waals surface area contributed by atoms with Gasteiger partial charge in [0, 0.05) is 16.9 Å². The highest BCUT2D eigenvalue weighted by Gasteiger charge is 2.61. The van der Waals surface area contributed by atoms with Gasteiger partial charge in [0.1, 0.15) is 28.6 Å². The molecule has 37 heavy (non-hydrogen) atoms. The average molecular weight is 526 g/mol. The SMILES string of the molecule is COc1ccc(C(=O)Nc2ccc(F)c([C@]3(C)CS(O)(O)C4(CN(c5ccccc5)C4)C(N)=N3)c2)nc1. The van der Waals surface area contributed by atoms with Crippen LogP contribution in [0, 0.1) is 5.82 Å². The van der Waals surface area contributed by atoms with Gasteiger partial charge in [0.15, 0.2) is 4.75 Å². The number of carbonyl (C=O) groups excluding carboxylic acids is 1. The lowest BCUT2D eigenvalue weighted by molar-refractivity contribution is 0.102. The number of nitrogens with one attached hydrogen (secondary N) is 1. The molecular weight excluding hydrogens is 497 g/mol. The number of halogens is 1. The first-order valence-electron chi connectivity index (χ1n) is 11.6. The van der Waals surface area contributed by atoms with E-state index in [1.54, 1.807) is 13.0 Å². The molecule has 2 aliphatic rings. The van der Waals surface area contributed by atoms with Crippen LogP contribution in [0.3, 0.4) is 0 Å². The summed E-state index contributed by atoms with van der Waals surface area (Å²) in [6.45, 7) is 2.22. The molecule has 0 aliphatic carbocycles. The predicted molar refractivity (Wildman–Crippen MR) is 143 cm³/mol. The smallest absolute Gasteiger partial charge is 0.274 e. The van der Waals surface area contributed by atoms with Crippen LogP contribution in [0.4, 0.5) is 15.8 Å². The Kier molecular flexibility index (Phi) is 6.09. The van der Waals surface area contributed by atoms with Gasteiger partial charge < -0.3 is 20.7 Å². The number of anilines is 2. The Balaban J connectivity index is 1.41. The van der Waals surface area contributed by atoms with E-state index in [4.69, 9.17) is 10.5 Å². The number of ether oxygens (including phenoxy) is 1. The molecule has 1 saturated heterocycles. The highest BCUT2D eigenvalue weighted by molar-refractivity contribution is 8.26. The van der Waals surface area contributed by atoms with Crippen LogP contribution in [0.25, 0.3) is 0 Å². The van der Waals surface area contributed by atoms with Gasteiger partial charge in [-0.3, -0.25) is 18.9 Å². The van der Waals surface area contributed by atoms with Crippen LogP contribution in [0.1, 0.15) is 23.0 Å². The molecule has 5 rings (SSSR count). The van der Waals surface area contributed by atoms with Gasteiger partial charge >= 0.3 is 0 Å². The molecule has 0 bridgehead atoms. The Bertz CT molecular complexity index is 1360. The lowest BCUT2D eigenvalue weighted by Gasteiger charge is -2.63. The highest BCUT2D eigenvalue weighted by atomic mass is 32.3. The number of amides is 1. The first-order valence-corrected chi connectivity index (χ1v) is 13.3. The lowest BCUT2D eigenvalue weighted by Crippen LogP contribution is -2.72. The molecule has 3 heterocycles. The van der Waals surface area contributed by atoms with Crippen LogP contribution in [-0.4, -0.2) is 56.5 Å². The molecule has 1 spiro atoms. The molecule has 0 unspecified atom stereocenters. The summed E-state index contributed by atoms with van der Waals surface area (Å²) in [5, 5.41) is 2.70. The van der Waals surface area contributed by atoms with Crippen molar-refractivity contribution in [1.82, 2.24) is 4.98 Å². The van der Waals surface area contributed by atoms with E-state index in [-0.39, 0.29) is 22.8 Å². The van der Waals surface area contributed by atoms with Crippen molar-refractivity contribution in [3.05, 3.63) is 83.9 Å². The van der Waals surface area contributed by atoms with E-state index in [0.717, 1.165) is 5.69 Å². The third-order valence-corrected chi connectivity index (χ3v) is 9.65. The largest absolute Gasteiger partial charge is 0.495 e. The Morgan fingerprint density at radius 1 is 1.16 bits per heavy atom. The van der Waals surface area contributed by atoms with Crippen molar-refractivity contribution >= 4 is 33.7 Å². The van der Waals surface area contributed by atoms with Gasteiger partial charge in [0.2, 0.25) is 0 Å². The zero-order valence-corrected chi connectivity index (χ0v) is 21.2. The average Bonchev–Trinajstić information content (AvgIpc) is 2.84. The van der Waals surface area contributed by atoms with Gasteiger partial charge in [-0.25, -0.2) is 9.37 Å². The maximum Gasteiger partial charge on any atom is 0.274 e. The summed E-state index contributed by atoms with van der Waals surface area (Å²) >= 11 is 0. The number of hydrogen-bond acceptors (Lipinski definition) is 8. The molecule has 3 aromatic rings. The van der Waals surface area contributed by atoms with Gasteiger partial charge in [-0.05, 0) is 49.4 Å². The number of para-hydroxylation sites is 1. The van der Waals surface area contributed by atoms with Crippen molar-refractivity contribution in [1.29, 1.82) is 0 Å². The number of hydrogen-bond donors (Lipinski definition) is 4. The predicted octanol–water partition coefficient (Wildman–Crippen LogP) is 4.08. The van der Waals surface area contributed by atoms with Gasteiger partial charge in [-0.1, -0.05) is 18.2 Å². The maximum atomic E-state index is 15.1. The lowest BCUT2D eigenvalue weighted by atomic mass is 9.90. The molecule has 194 valence electrons. The Morgan fingerprint density at radius 3 is 2.51 bits per heavy atom. The van der Waals surface area contributed by atoms with E-state index < -0.39 is 32.6 Å². The van der Waals surface area contributed by atoms with Gasteiger partial charge in [-0.15, -0.1) is 0 Å². The van der Waals surface area contributed by atoms with Crippen LogP contribution >= 0.6 is 10.6 Å². The minimum Gasteiger partial charge on any atom is -0.495 e. The van der Waals surface area contributed by atoms with Crippen molar-refractivity contribution in [2.75, 3.05) is 36.2 Å². The Morgan fingerprint density at radius 2 is 1.89 bits per heavy atom. The zero-order valence-electron chi connectivity index (χ0n) is 20.4. The van der Waals surface area contributed by atoms with Crippen molar-refractivity contribution in [2.24, 2.45) is 10.7 Å². The van der Waals surface area contributed by atoms with Crippen LogP contribution in [-0.2, 0) is 5.54 Å². The summed E-state index contributed by atoms with van der Waals surface area (Å²) in [7, 11) is -1.81. The van der Waals surface area contributed by atoms with E-state index in [2.05, 4.69) is 15.3 Å². The minimum atomic E-state index is -3.31. The summed E-state index contributed by atoms with van der Waals surface area (Å²) in [6, 6.07) is 16.8. The summed E-state index contributed by atoms with van der Waals surface area (Å²) in [4.78, 5) is 23.4. The van der Waals surface area contributed by atoms with E-state index in [1.165, 1.54) is 37.6 Å². The quantitative estimate of drug-likeness (QED) is 0.395. The number of nitrogens with zero attached hydrogens (tertiary/aromatic N) is 3. The van der Waals surface area contributed by atoms with Gasteiger partial charge in [0.25, 0.3) is 5.91 Å². The number of benzene rings is 2. The minimum absolute atomic E-state index is 0.0877. The molecule has 1 atom stereocenters. The number of aromatic nitrogens is 1. The number of carbonyl (C=O) groups is 1.